The first-order chi connectivity index (χ1) is 14.9. The fourth-order valence-electron chi connectivity index (χ4n) is 3.46. The van der Waals surface area contributed by atoms with Gasteiger partial charge in [0, 0.05) is 29.7 Å². The first kappa shape index (κ1) is 21.5. The number of imide groups is 1. The van der Waals surface area contributed by atoms with E-state index in [0.717, 1.165) is 18.4 Å². The molecule has 0 spiro atoms. The van der Waals surface area contributed by atoms with Crippen molar-refractivity contribution in [2.45, 2.75) is 29.7 Å². The average molecular weight is 459 g/mol. The Morgan fingerprint density at radius 3 is 2.52 bits per heavy atom. The lowest BCUT2D eigenvalue weighted by molar-refractivity contribution is -0.127. The van der Waals surface area contributed by atoms with Gasteiger partial charge in [-0.05, 0) is 61.4 Å². The topological polar surface area (TPSA) is 68.1 Å². The van der Waals surface area contributed by atoms with E-state index in [4.69, 9.17) is 11.6 Å². The molecule has 0 bridgehead atoms. The predicted molar refractivity (Wildman–Crippen MR) is 117 cm³/mol. The zero-order valence-electron chi connectivity index (χ0n) is 16.8. The number of carbonyl (C=O) groups excluding carboxylic acids is 2. The summed E-state index contributed by atoms with van der Waals surface area (Å²) in [7, 11) is 1.80. The van der Waals surface area contributed by atoms with Crippen LogP contribution in [0.2, 0.25) is 5.02 Å². The molecule has 1 fully saturated rings. The lowest BCUT2D eigenvalue weighted by Crippen LogP contribution is -2.41. The minimum absolute atomic E-state index is 0.228. The van der Waals surface area contributed by atoms with Crippen molar-refractivity contribution in [3.8, 4) is 11.4 Å². The van der Waals surface area contributed by atoms with Gasteiger partial charge in [-0.3, -0.25) is 14.5 Å². The summed E-state index contributed by atoms with van der Waals surface area (Å²) in [5, 5.41) is 9.09. The van der Waals surface area contributed by atoms with Gasteiger partial charge in [0.15, 0.2) is 11.0 Å². The molecule has 2 amide bonds. The third-order valence-electron chi connectivity index (χ3n) is 5.16. The molecular weight excluding hydrogens is 439 g/mol. The Morgan fingerprint density at radius 2 is 1.81 bits per heavy atom. The molecule has 1 aliphatic heterocycles. The number of thioether (sulfide) groups is 1. The van der Waals surface area contributed by atoms with E-state index in [0.29, 0.717) is 34.5 Å². The minimum atomic E-state index is -0.442. The van der Waals surface area contributed by atoms with Crippen molar-refractivity contribution in [2.24, 2.45) is 7.05 Å². The van der Waals surface area contributed by atoms with Crippen LogP contribution in [0.5, 0.6) is 0 Å². The third kappa shape index (κ3) is 4.65. The molecule has 0 radical (unpaired) electrons. The van der Waals surface area contributed by atoms with Gasteiger partial charge in [0.2, 0.25) is 5.91 Å². The van der Waals surface area contributed by atoms with E-state index in [2.05, 4.69) is 10.2 Å². The van der Waals surface area contributed by atoms with Crippen molar-refractivity contribution >= 4 is 35.2 Å². The lowest BCUT2D eigenvalue weighted by Gasteiger charge is -2.22. The lowest BCUT2D eigenvalue weighted by atomic mass is 10.2. The van der Waals surface area contributed by atoms with Crippen LogP contribution in [0, 0.1) is 5.82 Å². The van der Waals surface area contributed by atoms with Crippen LogP contribution in [0.3, 0.4) is 0 Å². The third-order valence-corrected chi connectivity index (χ3v) is 6.70. The molecular formula is C22H20ClFN4O2S. The van der Waals surface area contributed by atoms with E-state index in [-0.39, 0.29) is 17.6 Å². The Balaban J connectivity index is 1.54. The average Bonchev–Trinajstić information content (AvgIpc) is 3.02. The van der Waals surface area contributed by atoms with Crippen molar-refractivity contribution < 1.29 is 14.0 Å². The van der Waals surface area contributed by atoms with Gasteiger partial charge in [-0.15, -0.1) is 10.2 Å². The Morgan fingerprint density at radius 1 is 1.10 bits per heavy atom. The SMILES string of the molecule is Cn1c(SC2CCCCN(C(=O)c3ccc(Cl)cc3)C2=O)nnc1-c1ccc(F)cc1. The van der Waals surface area contributed by atoms with Crippen LogP contribution in [-0.2, 0) is 11.8 Å². The quantitative estimate of drug-likeness (QED) is 0.535. The largest absolute Gasteiger partial charge is 0.305 e. The Labute approximate surface area is 188 Å². The molecule has 1 unspecified atom stereocenters. The second-order valence-electron chi connectivity index (χ2n) is 7.28. The van der Waals surface area contributed by atoms with Crippen LogP contribution < -0.4 is 0 Å². The van der Waals surface area contributed by atoms with Gasteiger partial charge in [-0.25, -0.2) is 4.39 Å². The molecule has 0 aliphatic carbocycles. The Bertz CT molecular complexity index is 1100. The maximum Gasteiger partial charge on any atom is 0.260 e. The van der Waals surface area contributed by atoms with Crippen LogP contribution >= 0.6 is 23.4 Å². The fourth-order valence-corrected chi connectivity index (χ4v) is 4.69. The van der Waals surface area contributed by atoms with Gasteiger partial charge in [-0.1, -0.05) is 29.8 Å². The van der Waals surface area contributed by atoms with Gasteiger partial charge in [0.05, 0.1) is 5.25 Å². The van der Waals surface area contributed by atoms with E-state index in [9.17, 15) is 14.0 Å². The molecule has 1 aliphatic rings. The van der Waals surface area contributed by atoms with Crippen LogP contribution in [0.4, 0.5) is 4.39 Å². The number of likely N-dealkylation sites (tertiary alicyclic amines) is 1. The predicted octanol–water partition coefficient (Wildman–Crippen LogP) is 4.59. The molecule has 4 rings (SSSR count). The zero-order chi connectivity index (χ0) is 22.0. The maximum absolute atomic E-state index is 13.2. The normalized spacial score (nSPS) is 16.9. The number of benzene rings is 2. The summed E-state index contributed by atoms with van der Waals surface area (Å²) in [6, 6.07) is 12.5. The summed E-state index contributed by atoms with van der Waals surface area (Å²) in [5.74, 6) is -0.291. The highest BCUT2D eigenvalue weighted by Gasteiger charge is 2.33. The number of rotatable bonds is 4. The molecule has 6 nitrogen and oxygen atoms in total. The second kappa shape index (κ2) is 9.20. The summed E-state index contributed by atoms with van der Waals surface area (Å²) in [6.45, 7) is 0.386. The van der Waals surface area contributed by atoms with Crippen LogP contribution in [0.1, 0.15) is 29.6 Å². The molecule has 1 atom stereocenters. The van der Waals surface area contributed by atoms with Crippen molar-refractivity contribution in [2.75, 3.05) is 6.54 Å². The summed E-state index contributed by atoms with van der Waals surface area (Å²) in [4.78, 5) is 27.5. The standard InChI is InChI=1S/C22H20ClFN4O2S/c1-27-19(14-7-11-17(24)12-8-14)25-26-22(27)31-18-4-2-3-13-28(21(18)30)20(29)15-5-9-16(23)10-6-15/h5-12,18H,2-4,13H2,1H3. The minimum Gasteiger partial charge on any atom is -0.305 e. The highest BCUT2D eigenvalue weighted by atomic mass is 35.5. The Hall–Kier alpha value is -2.71. The number of hydrogen-bond donors (Lipinski definition) is 0. The molecule has 9 heteroatoms. The van der Waals surface area contributed by atoms with E-state index < -0.39 is 5.25 Å². The molecule has 2 aromatic carbocycles. The number of amides is 2. The van der Waals surface area contributed by atoms with E-state index in [1.807, 2.05) is 0 Å². The van der Waals surface area contributed by atoms with Crippen molar-refractivity contribution in [3.63, 3.8) is 0 Å². The Kier molecular flexibility index (Phi) is 6.38. The molecule has 2 heterocycles. The molecule has 0 N–H and O–H groups in total. The highest BCUT2D eigenvalue weighted by Crippen LogP contribution is 2.31. The molecule has 1 aromatic heterocycles. The summed E-state index contributed by atoms with van der Waals surface area (Å²) < 4.78 is 15.0. The van der Waals surface area contributed by atoms with Crippen LogP contribution in [-0.4, -0.2) is 43.3 Å². The molecule has 1 saturated heterocycles. The summed E-state index contributed by atoms with van der Waals surface area (Å²) >= 11 is 7.21. The van der Waals surface area contributed by atoms with E-state index in [1.165, 1.54) is 28.8 Å². The van der Waals surface area contributed by atoms with Crippen molar-refractivity contribution in [1.82, 2.24) is 19.7 Å². The monoisotopic (exact) mass is 458 g/mol. The first-order valence-electron chi connectivity index (χ1n) is 9.87. The number of nitrogens with zero attached hydrogens (tertiary/aromatic N) is 4. The number of halogens is 2. The maximum atomic E-state index is 13.2. The van der Waals surface area contributed by atoms with E-state index >= 15 is 0 Å². The fraction of sp³-hybridized carbons (Fsp3) is 0.273. The molecule has 31 heavy (non-hydrogen) atoms. The van der Waals surface area contributed by atoms with E-state index in [1.54, 1.807) is 48.0 Å². The van der Waals surface area contributed by atoms with Gasteiger partial charge < -0.3 is 4.57 Å². The van der Waals surface area contributed by atoms with Crippen LogP contribution in [0.15, 0.2) is 53.7 Å². The number of carbonyl (C=O) groups is 2. The van der Waals surface area contributed by atoms with Crippen molar-refractivity contribution in [3.05, 3.63) is 64.9 Å². The van der Waals surface area contributed by atoms with Gasteiger partial charge >= 0.3 is 0 Å². The molecule has 3 aromatic rings. The molecule has 160 valence electrons. The van der Waals surface area contributed by atoms with Crippen LogP contribution in [0.25, 0.3) is 11.4 Å². The van der Waals surface area contributed by atoms with Gasteiger partial charge in [0.25, 0.3) is 5.91 Å². The number of hydrogen-bond acceptors (Lipinski definition) is 5. The van der Waals surface area contributed by atoms with Gasteiger partial charge in [0.1, 0.15) is 5.82 Å². The smallest absolute Gasteiger partial charge is 0.260 e. The van der Waals surface area contributed by atoms with Crippen molar-refractivity contribution in [1.29, 1.82) is 0 Å². The zero-order valence-corrected chi connectivity index (χ0v) is 18.4. The van der Waals surface area contributed by atoms with Gasteiger partial charge in [-0.2, -0.15) is 0 Å². The summed E-state index contributed by atoms with van der Waals surface area (Å²) in [6.07, 6.45) is 2.23. The first-order valence-corrected chi connectivity index (χ1v) is 11.1. The highest BCUT2D eigenvalue weighted by molar-refractivity contribution is 8.00. The second-order valence-corrected chi connectivity index (χ2v) is 8.88. The number of aromatic nitrogens is 3. The summed E-state index contributed by atoms with van der Waals surface area (Å²) in [5.41, 5.74) is 1.16. The molecule has 0 saturated carbocycles.